The first kappa shape index (κ1) is 5.06. The Labute approximate surface area is 53.4 Å². The first-order valence-corrected chi connectivity index (χ1v) is 3.04. The summed E-state index contributed by atoms with van der Waals surface area (Å²) in [6.45, 7) is 2.76. The van der Waals surface area contributed by atoms with Crippen molar-refractivity contribution < 1.29 is 9.15 Å². The first-order valence-electron chi connectivity index (χ1n) is 3.04. The monoisotopic (exact) mass is 124 g/mol. The van der Waals surface area contributed by atoms with Crippen molar-refractivity contribution in [1.29, 1.82) is 0 Å². The van der Waals surface area contributed by atoms with Gasteiger partial charge in [-0.05, 0) is 19.1 Å². The van der Waals surface area contributed by atoms with Crippen LogP contribution in [0.2, 0.25) is 0 Å². The van der Waals surface area contributed by atoms with Crippen molar-refractivity contribution in [3.8, 4) is 0 Å². The Morgan fingerprint density at radius 3 is 2.78 bits per heavy atom. The fraction of sp³-hybridized carbons (Fsp3) is 0.429. The smallest absolute Gasteiger partial charge is 0.138 e. The molecule has 2 heteroatoms. The van der Waals surface area contributed by atoms with Crippen molar-refractivity contribution in [3.05, 3.63) is 23.7 Å². The lowest BCUT2D eigenvalue weighted by molar-refractivity contribution is 0.365. The molecule has 0 saturated carbocycles. The van der Waals surface area contributed by atoms with Gasteiger partial charge >= 0.3 is 0 Å². The molecule has 1 aliphatic heterocycles. The Morgan fingerprint density at radius 1 is 1.56 bits per heavy atom. The minimum atomic E-state index is 0.263. The normalized spacial score (nSPS) is 24.3. The van der Waals surface area contributed by atoms with E-state index in [2.05, 4.69) is 0 Å². The molecule has 2 heterocycles. The van der Waals surface area contributed by atoms with E-state index >= 15 is 0 Å². The van der Waals surface area contributed by atoms with E-state index in [1.54, 1.807) is 0 Å². The average molecular weight is 124 g/mol. The van der Waals surface area contributed by atoms with Crippen LogP contribution in [0.4, 0.5) is 0 Å². The van der Waals surface area contributed by atoms with E-state index in [1.165, 1.54) is 0 Å². The third-order valence-electron chi connectivity index (χ3n) is 1.41. The summed E-state index contributed by atoms with van der Waals surface area (Å²) < 4.78 is 10.3. The van der Waals surface area contributed by atoms with Crippen molar-refractivity contribution in [2.24, 2.45) is 0 Å². The minimum absolute atomic E-state index is 0.263. The third kappa shape index (κ3) is 0.856. The van der Waals surface area contributed by atoms with Gasteiger partial charge in [0.05, 0.1) is 6.61 Å². The quantitative estimate of drug-likeness (QED) is 0.532. The van der Waals surface area contributed by atoms with Gasteiger partial charge in [0.15, 0.2) is 0 Å². The van der Waals surface area contributed by atoms with Crippen molar-refractivity contribution in [2.45, 2.75) is 13.0 Å². The molecule has 0 N–H and O–H groups in total. The Kier molecular flexibility index (Phi) is 0.904. The number of epoxide rings is 1. The van der Waals surface area contributed by atoms with Gasteiger partial charge in [0.1, 0.15) is 17.6 Å². The lowest BCUT2D eigenvalue weighted by Gasteiger charge is -1.83. The van der Waals surface area contributed by atoms with Crippen molar-refractivity contribution >= 4 is 0 Å². The van der Waals surface area contributed by atoms with Gasteiger partial charge in [0.25, 0.3) is 0 Å². The zero-order valence-electron chi connectivity index (χ0n) is 5.26. The molecule has 9 heavy (non-hydrogen) atoms. The van der Waals surface area contributed by atoms with Crippen LogP contribution < -0.4 is 0 Å². The first-order chi connectivity index (χ1) is 4.36. The summed E-state index contributed by atoms with van der Waals surface area (Å²) >= 11 is 0. The molecule has 1 saturated heterocycles. The Morgan fingerprint density at radius 2 is 2.33 bits per heavy atom. The third-order valence-corrected chi connectivity index (χ3v) is 1.41. The molecule has 0 bridgehead atoms. The second-order valence-electron chi connectivity index (χ2n) is 2.27. The summed E-state index contributed by atoms with van der Waals surface area (Å²) in [6, 6.07) is 3.92. The largest absolute Gasteiger partial charge is 0.464 e. The van der Waals surface area contributed by atoms with Crippen LogP contribution in [0, 0.1) is 6.92 Å². The molecule has 0 aliphatic carbocycles. The van der Waals surface area contributed by atoms with Gasteiger partial charge in [-0.3, -0.25) is 0 Å². The average Bonchev–Trinajstić information content (AvgIpc) is 2.58. The number of hydrogen-bond acceptors (Lipinski definition) is 2. The Balaban J connectivity index is 2.28. The van der Waals surface area contributed by atoms with Crippen LogP contribution in [0.3, 0.4) is 0 Å². The maximum Gasteiger partial charge on any atom is 0.138 e. The summed E-state index contributed by atoms with van der Waals surface area (Å²) in [7, 11) is 0. The lowest BCUT2D eigenvalue weighted by atomic mass is 10.3. The molecule has 48 valence electrons. The summed E-state index contributed by atoms with van der Waals surface area (Å²) in [5.41, 5.74) is 0. The topological polar surface area (TPSA) is 25.7 Å². The van der Waals surface area contributed by atoms with E-state index in [-0.39, 0.29) is 6.10 Å². The van der Waals surface area contributed by atoms with Gasteiger partial charge < -0.3 is 9.15 Å². The predicted octanol–water partition coefficient (Wildman–Crippen LogP) is 1.66. The highest BCUT2D eigenvalue weighted by molar-refractivity contribution is 5.10. The molecular weight excluding hydrogens is 116 g/mol. The van der Waals surface area contributed by atoms with Gasteiger partial charge in [-0.2, -0.15) is 0 Å². The fourth-order valence-corrected chi connectivity index (χ4v) is 0.839. The van der Waals surface area contributed by atoms with Gasteiger partial charge in [-0.25, -0.2) is 0 Å². The van der Waals surface area contributed by atoms with E-state index in [1.807, 2.05) is 19.1 Å². The van der Waals surface area contributed by atoms with E-state index in [9.17, 15) is 0 Å². The predicted molar refractivity (Wildman–Crippen MR) is 32.1 cm³/mol. The van der Waals surface area contributed by atoms with E-state index in [4.69, 9.17) is 9.15 Å². The molecule has 0 aromatic carbocycles. The molecule has 1 aromatic rings. The number of ether oxygens (including phenoxy) is 1. The standard InChI is InChI=1S/C7H8O2/c1-5-2-3-6(9-5)7-4-8-7/h2-3,7H,4H2,1H3/t7-/m0/s1. The zero-order valence-corrected chi connectivity index (χ0v) is 5.26. The van der Waals surface area contributed by atoms with Crippen molar-refractivity contribution in [2.75, 3.05) is 6.61 Å². The van der Waals surface area contributed by atoms with Gasteiger partial charge in [0, 0.05) is 0 Å². The molecular formula is C7H8O2. The van der Waals surface area contributed by atoms with E-state index < -0.39 is 0 Å². The maximum absolute atomic E-state index is 5.28. The number of aryl methyl sites for hydroxylation is 1. The second-order valence-corrected chi connectivity index (χ2v) is 2.27. The number of hydrogen-bond donors (Lipinski definition) is 0. The molecule has 0 unspecified atom stereocenters. The highest BCUT2D eigenvalue weighted by atomic mass is 16.6. The molecule has 1 aromatic heterocycles. The van der Waals surface area contributed by atoms with Crippen LogP contribution in [-0.2, 0) is 4.74 Å². The van der Waals surface area contributed by atoms with E-state index in [0.717, 1.165) is 18.1 Å². The molecule has 0 amide bonds. The van der Waals surface area contributed by atoms with Crippen LogP contribution in [-0.4, -0.2) is 6.61 Å². The van der Waals surface area contributed by atoms with Crippen molar-refractivity contribution in [3.63, 3.8) is 0 Å². The van der Waals surface area contributed by atoms with Crippen LogP contribution >= 0.6 is 0 Å². The molecule has 0 radical (unpaired) electrons. The molecule has 1 atom stereocenters. The van der Waals surface area contributed by atoms with Crippen LogP contribution in [0.25, 0.3) is 0 Å². The van der Waals surface area contributed by atoms with Gasteiger partial charge in [-0.1, -0.05) is 0 Å². The molecule has 1 fully saturated rings. The van der Waals surface area contributed by atoms with Crippen LogP contribution in [0.15, 0.2) is 16.5 Å². The summed E-state index contributed by atoms with van der Waals surface area (Å²) in [4.78, 5) is 0. The fourth-order valence-electron chi connectivity index (χ4n) is 0.839. The van der Waals surface area contributed by atoms with E-state index in [0.29, 0.717) is 0 Å². The molecule has 0 spiro atoms. The maximum atomic E-state index is 5.28. The SMILES string of the molecule is Cc1ccc([C@@H]2CO2)o1. The Hall–Kier alpha value is -0.760. The van der Waals surface area contributed by atoms with Crippen LogP contribution in [0.1, 0.15) is 17.6 Å². The molecule has 2 nitrogen and oxygen atoms in total. The highest BCUT2D eigenvalue weighted by Gasteiger charge is 2.27. The van der Waals surface area contributed by atoms with Gasteiger partial charge in [-0.15, -0.1) is 0 Å². The minimum Gasteiger partial charge on any atom is -0.464 e. The number of rotatable bonds is 1. The molecule has 2 rings (SSSR count). The lowest BCUT2D eigenvalue weighted by Crippen LogP contribution is -1.70. The highest BCUT2D eigenvalue weighted by Crippen LogP contribution is 2.30. The zero-order chi connectivity index (χ0) is 6.27. The van der Waals surface area contributed by atoms with Crippen LogP contribution in [0.5, 0.6) is 0 Å². The summed E-state index contributed by atoms with van der Waals surface area (Å²) in [5, 5.41) is 0. The summed E-state index contributed by atoms with van der Waals surface area (Å²) in [5.74, 6) is 1.92. The van der Waals surface area contributed by atoms with Crippen molar-refractivity contribution in [1.82, 2.24) is 0 Å². The second kappa shape index (κ2) is 1.61. The van der Waals surface area contributed by atoms with Gasteiger partial charge in [0.2, 0.25) is 0 Å². The Bertz CT molecular complexity index is 210. The number of furan rings is 1. The molecule has 1 aliphatic rings. The summed E-state index contributed by atoms with van der Waals surface area (Å²) in [6.07, 6.45) is 0.263.